The first kappa shape index (κ1) is 38.1. The summed E-state index contributed by atoms with van der Waals surface area (Å²) in [7, 11) is 0. The zero-order chi connectivity index (χ0) is 43.4. The second kappa shape index (κ2) is 15.6. The molecule has 0 bridgehead atoms. The van der Waals surface area contributed by atoms with Crippen molar-refractivity contribution in [2.24, 2.45) is 0 Å². The molecule has 0 amide bonds. The molecule has 13 rings (SSSR count). The first-order chi connectivity index (χ1) is 32.2. The largest absolute Gasteiger partial charge is 0.456 e. The van der Waals surface area contributed by atoms with Gasteiger partial charge in [-0.2, -0.15) is 0 Å². The molecule has 0 saturated carbocycles. The predicted octanol–water partition coefficient (Wildman–Crippen LogP) is 16.1. The normalized spacial score (nSPS) is 11.5. The van der Waals surface area contributed by atoms with E-state index in [1.54, 1.807) is 0 Å². The second-order valence-electron chi connectivity index (χ2n) is 16.0. The maximum Gasteiger partial charge on any atom is 0.164 e. The highest BCUT2D eigenvalue weighted by molar-refractivity contribution is 6.14. The molecular formula is C59H40N4O2. The van der Waals surface area contributed by atoms with Crippen LogP contribution < -0.4 is 0 Å². The lowest BCUT2D eigenvalue weighted by Gasteiger charge is -2.13. The smallest absolute Gasteiger partial charge is 0.164 e. The van der Waals surface area contributed by atoms with Gasteiger partial charge in [0.15, 0.2) is 17.5 Å². The molecule has 0 unspecified atom stereocenters. The summed E-state index contributed by atoms with van der Waals surface area (Å²) >= 11 is 0. The van der Waals surface area contributed by atoms with E-state index in [0.29, 0.717) is 17.5 Å². The van der Waals surface area contributed by atoms with Gasteiger partial charge in [0.05, 0.1) is 11.0 Å². The Balaban J connectivity index is 0.00000219. The number of para-hydroxylation sites is 4. The van der Waals surface area contributed by atoms with E-state index < -0.39 is 0 Å². The number of aromatic nitrogens is 4. The van der Waals surface area contributed by atoms with E-state index in [2.05, 4.69) is 144 Å². The van der Waals surface area contributed by atoms with Gasteiger partial charge in [0.1, 0.15) is 22.3 Å². The van der Waals surface area contributed by atoms with Crippen LogP contribution in [0.3, 0.4) is 0 Å². The average Bonchev–Trinajstić information content (AvgIpc) is 4.06. The minimum absolute atomic E-state index is 0.581. The molecule has 0 atom stereocenters. The van der Waals surface area contributed by atoms with Gasteiger partial charge in [0.2, 0.25) is 0 Å². The molecule has 308 valence electrons. The highest BCUT2D eigenvalue weighted by Crippen LogP contribution is 2.40. The van der Waals surface area contributed by atoms with E-state index in [1.807, 2.05) is 80.6 Å². The third-order valence-electron chi connectivity index (χ3n) is 12.3. The Morgan fingerprint density at radius 2 is 0.831 bits per heavy atom. The van der Waals surface area contributed by atoms with Crippen LogP contribution in [0.25, 0.3) is 128 Å². The standard InChI is InChI=1S/C57H34N4O2.C2H6/c1-2-12-35(13-3-1)55-58-56(60-57(59-55)40-26-30-46-44-17-5-8-22-50(44)63-53(46)34-40)36-24-28-41(29-25-36)61-49-21-7-4-16-43(49)47-20-11-19-42(54(47)61)39-15-10-14-37(32-39)38-27-31-52-48(33-38)45-18-6-9-23-51(45)62-52;1-2/h1-34H;1-2H3. The van der Waals surface area contributed by atoms with Crippen molar-refractivity contribution in [3.8, 4) is 62.1 Å². The third-order valence-corrected chi connectivity index (χ3v) is 12.3. The van der Waals surface area contributed by atoms with Crippen molar-refractivity contribution in [3.05, 3.63) is 206 Å². The van der Waals surface area contributed by atoms with Crippen LogP contribution in [0.15, 0.2) is 215 Å². The first-order valence-corrected chi connectivity index (χ1v) is 22.1. The molecule has 4 heterocycles. The topological polar surface area (TPSA) is 69.9 Å². The van der Waals surface area contributed by atoms with E-state index in [9.17, 15) is 0 Å². The van der Waals surface area contributed by atoms with Crippen molar-refractivity contribution in [1.82, 2.24) is 19.5 Å². The molecule has 6 heteroatoms. The minimum Gasteiger partial charge on any atom is -0.456 e. The fourth-order valence-electron chi connectivity index (χ4n) is 9.27. The zero-order valence-electron chi connectivity index (χ0n) is 35.7. The average molecular weight is 837 g/mol. The Bertz CT molecular complexity index is 3920. The molecule has 13 aromatic rings. The van der Waals surface area contributed by atoms with Crippen molar-refractivity contribution in [3.63, 3.8) is 0 Å². The Hall–Kier alpha value is -8.61. The summed E-state index contributed by atoms with van der Waals surface area (Å²) in [5.41, 5.74) is 14.0. The lowest BCUT2D eigenvalue weighted by atomic mass is 9.96. The molecule has 4 aromatic heterocycles. The maximum atomic E-state index is 6.26. The third kappa shape index (κ3) is 6.46. The fraction of sp³-hybridized carbons (Fsp3) is 0.0339. The van der Waals surface area contributed by atoms with Gasteiger partial charge in [-0.1, -0.05) is 147 Å². The Kier molecular flexibility index (Phi) is 9.16. The molecule has 9 aromatic carbocycles. The highest BCUT2D eigenvalue weighted by atomic mass is 16.3. The number of hydrogen-bond acceptors (Lipinski definition) is 5. The Morgan fingerprint density at radius 1 is 0.323 bits per heavy atom. The van der Waals surface area contributed by atoms with Crippen LogP contribution in [0.5, 0.6) is 0 Å². The lowest BCUT2D eigenvalue weighted by Crippen LogP contribution is -2.00. The van der Waals surface area contributed by atoms with E-state index in [1.165, 1.54) is 10.8 Å². The van der Waals surface area contributed by atoms with Gasteiger partial charge >= 0.3 is 0 Å². The number of fused-ring (bicyclic) bond motifs is 9. The molecular weight excluding hydrogens is 797 g/mol. The van der Waals surface area contributed by atoms with Crippen LogP contribution >= 0.6 is 0 Å². The van der Waals surface area contributed by atoms with Crippen LogP contribution in [0.1, 0.15) is 13.8 Å². The number of nitrogens with zero attached hydrogens (tertiary/aromatic N) is 4. The van der Waals surface area contributed by atoms with E-state index in [0.717, 1.165) is 99.5 Å². The highest BCUT2D eigenvalue weighted by Gasteiger charge is 2.19. The molecule has 0 spiro atoms. The van der Waals surface area contributed by atoms with Crippen molar-refractivity contribution >= 4 is 65.7 Å². The fourth-order valence-corrected chi connectivity index (χ4v) is 9.27. The van der Waals surface area contributed by atoms with Crippen molar-refractivity contribution in [2.75, 3.05) is 0 Å². The summed E-state index contributed by atoms with van der Waals surface area (Å²) in [6.07, 6.45) is 0. The Labute approximate surface area is 374 Å². The molecule has 0 N–H and O–H groups in total. The van der Waals surface area contributed by atoms with E-state index in [4.69, 9.17) is 23.8 Å². The van der Waals surface area contributed by atoms with Crippen molar-refractivity contribution in [1.29, 1.82) is 0 Å². The summed E-state index contributed by atoms with van der Waals surface area (Å²) < 4.78 is 14.8. The first-order valence-electron chi connectivity index (χ1n) is 22.1. The Morgan fingerprint density at radius 3 is 1.60 bits per heavy atom. The summed E-state index contributed by atoms with van der Waals surface area (Å²) in [5.74, 6) is 1.78. The minimum atomic E-state index is 0.581. The molecule has 0 aliphatic carbocycles. The second-order valence-corrected chi connectivity index (χ2v) is 16.0. The SMILES string of the molecule is CC.c1ccc(-c2nc(-c3ccc(-n4c5ccccc5c5cccc(-c6cccc(-c7ccc8oc9ccccc9c8c7)c6)c54)cc3)nc(-c3ccc4c(c3)oc3ccccc34)n2)cc1. The molecule has 0 fully saturated rings. The van der Waals surface area contributed by atoms with E-state index >= 15 is 0 Å². The van der Waals surface area contributed by atoms with Crippen molar-refractivity contribution in [2.45, 2.75) is 13.8 Å². The summed E-state index contributed by atoms with van der Waals surface area (Å²) in [6, 6.07) is 71.8. The van der Waals surface area contributed by atoms with Gasteiger partial charge in [0, 0.05) is 60.3 Å². The van der Waals surface area contributed by atoms with Gasteiger partial charge < -0.3 is 13.4 Å². The van der Waals surface area contributed by atoms with Gasteiger partial charge in [0.25, 0.3) is 0 Å². The maximum absolute atomic E-state index is 6.26. The van der Waals surface area contributed by atoms with Crippen molar-refractivity contribution < 1.29 is 8.83 Å². The van der Waals surface area contributed by atoms with Crippen LogP contribution in [0.2, 0.25) is 0 Å². The molecule has 0 saturated heterocycles. The summed E-state index contributed by atoms with van der Waals surface area (Å²) in [6.45, 7) is 4.00. The van der Waals surface area contributed by atoms with E-state index in [-0.39, 0.29) is 0 Å². The lowest BCUT2D eigenvalue weighted by molar-refractivity contribution is 0.668. The zero-order valence-corrected chi connectivity index (χ0v) is 35.7. The quantitative estimate of drug-likeness (QED) is 0.167. The summed E-state index contributed by atoms with van der Waals surface area (Å²) in [4.78, 5) is 15.1. The molecule has 0 aliphatic heterocycles. The molecule has 65 heavy (non-hydrogen) atoms. The number of furan rings is 2. The number of rotatable bonds is 6. The molecule has 0 aliphatic rings. The van der Waals surface area contributed by atoms with Gasteiger partial charge in [-0.05, 0) is 89.5 Å². The van der Waals surface area contributed by atoms with Gasteiger partial charge in [-0.3, -0.25) is 0 Å². The number of hydrogen-bond donors (Lipinski definition) is 0. The van der Waals surface area contributed by atoms with Crippen LogP contribution in [0, 0.1) is 0 Å². The van der Waals surface area contributed by atoms with Crippen LogP contribution in [-0.4, -0.2) is 19.5 Å². The van der Waals surface area contributed by atoms with Crippen LogP contribution in [0.4, 0.5) is 0 Å². The molecule has 6 nitrogen and oxygen atoms in total. The molecule has 0 radical (unpaired) electrons. The monoisotopic (exact) mass is 836 g/mol. The number of benzene rings is 9. The van der Waals surface area contributed by atoms with Gasteiger partial charge in [-0.15, -0.1) is 0 Å². The van der Waals surface area contributed by atoms with Crippen LogP contribution in [-0.2, 0) is 0 Å². The summed E-state index contributed by atoms with van der Waals surface area (Å²) in [5, 5.41) is 6.78. The predicted molar refractivity (Wildman–Crippen MR) is 267 cm³/mol. The van der Waals surface area contributed by atoms with Gasteiger partial charge in [-0.25, -0.2) is 15.0 Å².